The van der Waals surface area contributed by atoms with E-state index < -0.39 is 5.91 Å². The van der Waals surface area contributed by atoms with Gasteiger partial charge in [-0.1, -0.05) is 47.1 Å². The van der Waals surface area contributed by atoms with Gasteiger partial charge in [0.25, 0.3) is 0 Å². The van der Waals surface area contributed by atoms with Crippen LogP contribution >= 0.6 is 11.6 Å². The first-order valence-electron chi connectivity index (χ1n) is 10.4. The second-order valence-electron chi connectivity index (χ2n) is 7.64. The minimum atomic E-state index is -0.396. The van der Waals surface area contributed by atoms with Crippen LogP contribution in [0, 0.1) is 6.92 Å². The molecule has 0 aliphatic carbocycles. The van der Waals surface area contributed by atoms with Crippen LogP contribution in [0.15, 0.2) is 81.0 Å². The number of halogens is 1. The predicted octanol–water partition coefficient (Wildman–Crippen LogP) is 5.90. The van der Waals surface area contributed by atoms with E-state index in [1.807, 2.05) is 48.5 Å². The van der Waals surface area contributed by atoms with Gasteiger partial charge in [-0.3, -0.25) is 4.79 Å². The van der Waals surface area contributed by atoms with Crippen molar-refractivity contribution in [3.05, 3.63) is 94.6 Å². The first-order valence-corrected chi connectivity index (χ1v) is 10.7. The van der Waals surface area contributed by atoms with Gasteiger partial charge in [0.1, 0.15) is 22.9 Å². The molecule has 7 nitrogen and oxygen atoms in total. The lowest BCUT2D eigenvalue weighted by Crippen LogP contribution is -2.27. The molecule has 0 bridgehead atoms. The lowest BCUT2D eigenvalue weighted by Gasteiger charge is -2.21. The summed E-state index contributed by atoms with van der Waals surface area (Å²) in [7, 11) is 1.61. The van der Waals surface area contributed by atoms with Gasteiger partial charge in [-0.2, -0.15) is 5.10 Å². The minimum absolute atomic E-state index is 0.113. The Morgan fingerprint density at radius 2 is 2.00 bits per heavy atom. The summed E-state index contributed by atoms with van der Waals surface area (Å²) in [5.41, 5.74) is 3.38. The van der Waals surface area contributed by atoms with Gasteiger partial charge in [-0.25, -0.2) is 5.01 Å². The fraction of sp³-hybridized carbons (Fsp3) is 0.160. The second-order valence-corrected chi connectivity index (χ2v) is 8.04. The summed E-state index contributed by atoms with van der Waals surface area (Å²) >= 11 is 6.33. The van der Waals surface area contributed by atoms with Crippen molar-refractivity contribution in [2.45, 2.75) is 19.4 Å². The fourth-order valence-corrected chi connectivity index (χ4v) is 4.17. The van der Waals surface area contributed by atoms with E-state index in [4.69, 9.17) is 25.3 Å². The van der Waals surface area contributed by atoms with Crippen LogP contribution in [0.25, 0.3) is 11.3 Å². The molecule has 0 radical (unpaired) electrons. The number of hydrazone groups is 1. The maximum Gasteiger partial charge on any atom is 0.313 e. The normalized spacial score (nSPS) is 15.5. The van der Waals surface area contributed by atoms with Crippen LogP contribution in [0.4, 0.5) is 0 Å². The van der Waals surface area contributed by atoms with Crippen LogP contribution in [0.1, 0.15) is 39.9 Å². The molecule has 4 aromatic rings. The first kappa shape index (κ1) is 21.0. The van der Waals surface area contributed by atoms with E-state index in [1.165, 1.54) is 5.01 Å². The number of carbonyl (C=O) groups is 1. The molecule has 0 saturated carbocycles. The highest BCUT2D eigenvalue weighted by Gasteiger charge is 2.37. The summed E-state index contributed by atoms with van der Waals surface area (Å²) in [5, 5.41) is 10.7. The topological polar surface area (TPSA) is 81.1 Å². The lowest BCUT2D eigenvalue weighted by atomic mass is 10.00. The molecule has 0 fully saturated rings. The van der Waals surface area contributed by atoms with E-state index in [0.717, 1.165) is 5.56 Å². The molecule has 33 heavy (non-hydrogen) atoms. The number of nitrogens with zero attached hydrogens (tertiary/aromatic N) is 3. The first-order chi connectivity index (χ1) is 16.1. The van der Waals surface area contributed by atoms with Crippen LogP contribution in [-0.4, -0.2) is 28.9 Å². The Morgan fingerprint density at radius 3 is 2.76 bits per heavy atom. The Balaban J connectivity index is 1.54. The number of aromatic nitrogens is 1. The standard InChI is InChI=1S/C25H20ClN3O4/c1-15-23(18-9-3-4-10-19(18)26)28-33-24(15)25(30)29-21(16-7-5-8-17(13-16)31-2)14-20(27-29)22-11-6-12-32-22/h3-13,21H,14H2,1-2H3/t21-/m1/s1. The van der Waals surface area contributed by atoms with Crippen LogP contribution < -0.4 is 4.74 Å². The van der Waals surface area contributed by atoms with E-state index in [-0.39, 0.29) is 11.8 Å². The molecule has 166 valence electrons. The molecule has 8 heteroatoms. The number of carbonyl (C=O) groups excluding carboxylic acids is 1. The molecule has 3 heterocycles. The fourth-order valence-electron chi connectivity index (χ4n) is 3.94. The summed E-state index contributed by atoms with van der Waals surface area (Å²) in [6, 6.07) is 18.1. The number of amides is 1. The van der Waals surface area contributed by atoms with Gasteiger partial charge in [0.15, 0.2) is 0 Å². The lowest BCUT2D eigenvalue weighted by molar-refractivity contribution is 0.0667. The number of ether oxygens (including phenoxy) is 1. The van der Waals surface area contributed by atoms with Crippen molar-refractivity contribution in [3.8, 4) is 17.0 Å². The van der Waals surface area contributed by atoms with Gasteiger partial charge in [0.2, 0.25) is 5.76 Å². The summed E-state index contributed by atoms with van der Waals surface area (Å²) in [5.74, 6) is 1.03. The number of methoxy groups -OCH3 is 1. The number of hydrogen-bond donors (Lipinski definition) is 0. The Bertz CT molecular complexity index is 1340. The average Bonchev–Trinajstić information content (AvgIpc) is 3.59. The third kappa shape index (κ3) is 3.81. The number of hydrogen-bond acceptors (Lipinski definition) is 6. The summed E-state index contributed by atoms with van der Waals surface area (Å²) in [4.78, 5) is 13.6. The van der Waals surface area contributed by atoms with Crippen LogP contribution in [0.5, 0.6) is 5.75 Å². The molecule has 1 amide bonds. The summed E-state index contributed by atoms with van der Waals surface area (Å²) < 4.78 is 16.4. The van der Waals surface area contributed by atoms with Gasteiger partial charge in [0, 0.05) is 17.5 Å². The molecule has 1 atom stereocenters. The molecule has 1 aliphatic heterocycles. The number of rotatable bonds is 5. The molecule has 2 aromatic carbocycles. The molecule has 2 aromatic heterocycles. The van der Waals surface area contributed by atoms with E-state index >= 15 is 0 Å². The summed E-state index contributed by atoms with van der Waals surface area (Å²) in [6.45, 7) is 1.79. The van der Waals surface area contributed by atoms with Crippen LogP contribution in [-0.2, 0) is 0 Å². The van der Waals surface area contributed by atoms with Crippen molar-refractivity contribution in [2.75, 3.05) is 7.11 Å². The van der Waals surface area contributed by atoms with Crippen LogP contribution in [0.2, 0.25) is 5.02 Å². The van der Waals surface area contributed by atoms with Crippen molar-refractivity contribution in [1.29, 1.82) is 0 Å². The van der Waals surface area contributed by atoms with E-state index in [1.54, 1.807) is 32.4 Å². The quantitative estimate of drug-likeness (QED) is 0.369. The van der Waals surface area contributed by atoms with Gasteiger partial charge >= 0.3 is 5.91 Å². The predicted molar refractivity (Wildman–Crippen MR) is 123 cm³/mol. The Kier molecular flexibility index (Phi) is 5.48. The van der Waals surface area contributed by atoms with Crippen LogP contribution in [0.3, 0.4) is 0 Å². The van der Waals surface area contributed by atoms with Crippen molar-refractivity contribution in [2.24, 2.45) is 5.10 Å². The molecule has 0 unspecified atom stereocenters. The van der Waals surface area contributed by atoms with Crippen molar-refractivity contribution in [3.63, 3.8) is 0 Å². The van der Waals surface area contributed by atoms with Gasteiger partial charge in [-0.05, 0) is 42.8 Å². The Labute approximate surface area is 195 Å². The Morgan fingerprint density at radius 1 is 1.15 bits per heavy atom. The van der Waals surface area contributed by atoms with Gasteiger partial charge in [-0.15, -0.1) is 0 Å². The SMILES string of the molecule is COc1cccc([C@H]2CC(c3ccco3)=NN2C(=O)c2onc(-c3ccccc3Cl)c2C)c1. The smallest absolute Gasteiger partial charge is 0.313 e. The monoisotopic (exact) mass is 461 g/mol. The average molecular weight is 462 g/mol. The van der Waals surface area contributed by atoms with Gasteiger partial charge < -0.3 is 13.7 Å². The minimum Gasteiger partial charge on any atom is -0.497 e. The molecule has 5 rings (SSSR count). The highest BCUT2D eigenvalue weighted by atomic mass is 35.5. The molecular formula is C25H20ClN3O4. The van der Waals surface area contributed by atoms with E-state index in [2.05, 4.69) is 10.3 Å². The highest BCUT2D eigenvalue weighted by Crippen LogP contribution is 2.37. The second kappa shape index (κ2) is 8.60. The van der Waals surface area contributed by atoms with E-state index in [9.17, 15) is 4.79 Å². The zero-order valence-electron chi connectivity index (χ0n) is 18.0. The molecule has 0 N–H and O–H groups in total. The molecule has 0 saturated heterocycles. The summed E-state index contributed by atoms with van der Waals surface area (Å²) in [6.07, 6.45) is 2.07. The number of benzene rings is 2. The number of furan rings is 1. The van der Waals surface area contributed by atoms with Gasteiger partial charge in [0.05, 0.1) is 24.4 Å². The van der Waals surface area contributed by atoms with E-state index in [0.29, 0.717) is 45.5 Å². The Hall–Kier alpha value is -3.84. The third-order valence-electron chi connectivity index (χ3n) is 5.65. The maximum absolute atomic E-state index is 13.6. The highest BCUT2D eigenvalue weighted by molar-refractivity contribution is 6.33. The zero-order valence-corrected chi connectivity index (χ0v) is 18.7. The third-order valence-corrected chi connectivity index (χ3v) is 5.98. The molecule has 1 aliphatic rings. The van der Waals surface area contributed by atoms with Crippen molar-refractivity contribution in [1.82, 2.24) is 10.2 Å². The molecule has 0 spiro atoms. The maximum atomic E-state index is 13.6. The zero-order chi connectivity index (χ0) is 22.9. The molecular weight excluding hydrogens is 442 g/mol. The van der Waals surface area contributed by atoms with Crippen molar-refractivity contribution >= 4 is 23.2 Å². The largest absolute Gasteiger partial charge is 0.497 e. The van der Waals surface area contributed by atoms with Crippen molar-refractivity contribution < 1.29 is 18.5 Å².